The van der Waals surface area contributed by atoms with E-state index in [0.29, 0.717) is 6.61 Å². The predicted octanol–water partition coefficient (Wildman–Crippen LogP) is 4.14. The fourth-order valence-corrected chi connectivity index (χ4v) is 2.37. The molecule has 1 atom stereocenters. The molecule has 1 heterocycles. The first-order valence-electron chi connectivity index (χ1n) is 6.38. The molecule has 0 aromatic heterocycles. The van der Waals surface area contributed by atoms with Crippen molar-refractivity contribution in [2.24, 2.45) is 0 Å². The zero-order valence-electron chi connectivity index (χ0n) is 10.2. The monoisotopic (exact) mass is 240 g/mol. The van der Waals surface area contributed by atoms with Crippen molar-refractivity contribution in [3.05, 3.63) is 60.2 Å². The summed E-state index contributed by atoms with van der Waals surface area (Å²) in [5, 5.41) is 0. The minimum atomic E-state index is 0.0511. The highest BCUT2D eigenvalue weighted by Crippen LogP contribution is 2.34. The van der Waals surface area contributed by atoms with Crippen LogP contribution in [0.1, 0.15) is 24.5 Å². The van der Waals surface area contributed by atoms with Crippen molar-refractivity contribution in [1.82, 2.24) is 0 Å². The first-order valence-corrected chi connectivity index (χ1v) is 6.38. The van der Waals surface area contributed by atoms with E-state index in [1.165, 1.54) is 16.7 Å². The summed E-state index contributed by atoms with van der Waals surface area (Å²) in [6, 6.07) is 18.8. The van der Waals surface area contributed by atoms with E-state index in [2.05, 4.69) is 48.5 Å². The molecule has 1 aliphatic rings. The van der Waals surface area contributed by atoms with Gasteiger partial charge in [0.15, 0.2) is 0 Å². The number of benzene rings is 2. The summed E-state index contributed by atoms with van der Waals surface area (Å²) in [5.41, 5.74) is 3.67. The Morgan fingerprint density at radius 3 is 2.44 bits per heavy atom. The minimum absolute atomic E-state index is 0.0511. The highest BCUT2D eigenvalue weighted by molar-refractivity contribution is 5.67. The molecule has 0 spiro atoms. The third kappa shape index (κ3) is 2.30. The lowest BCUT2D eigenvalue weighted by Gasteiger charge is -2.23. The summed E-state index contributed by atoms with van der Waals surface area (Å²) >= 11 is 0. The van der Waals surface area contributed by atoms with E-state index in [0.717, 1.165) is 12.8 Å². The largest absolute Gasteiger partial charge is 0.236 e. The summed E-state index contributed by atoms with van der Waals surface area (Å²) < 4.78 is 0. The van der Waals surface area contributed by atoms with Gasteiger partial charge < -0.3 is 0 Å². The third-order valence-corrected chi connectivity index (χ3v) is 3.27. The quantitative estimate of drug-likeness (QED) is 0.734. The zero-order valence-corrected chi connectivity index (χ0v) is 10.2. The summed E-state index contributed by atoms with van der Waals surface area (Å²) in [6.45, 7) is 0.698. The van der Waals surface area contributed by atoms with E-state index in [9.17, 15) is 0 Å². The Morgan fingerprint density at radius 2 is 1.67 bits per heavy atom. The van der Waals surface area contributed by atoms with Crippen LogP contribution in [0.15, 0.2) is 54.6 Å². The third-order valence-electron chi connectivity index (χ3n) is 3.27. The number of hydrogen-bond acceptors (Lipinski definition) is 2. The van der Waals surface area contributed by atoms with Gasteiger partial charge in [0, 0.05) is 0 Å². The van der Waals surface area contributed by atoms with Crippen LogP contribution in [0, 0.1) is 0 Å². The standard InChI is InChI=1S/C16H16O2/c1-2-7-13(8-3-1)14-9-4-5-10-15(14)16-11-6-12-17-18-16/h1-5,7-10,16H,6,11-12H2. The van der Waals surface area contributed by atoms with Crippen molar-refractivity contribution in [2.75, 3.05) is 6.61 Å². The molecule has 2 aromatic rings. The van der Waals surface area contributed by atoms with Gasteiger partial charge in [0.2, 0.25) is 0 Å². The van der Waals surface area contributed by atoms with E-state index in [-0.39, 0.29) is 6.10 Å². The van der Waals surface area contributed by atoms with Gasteiger partial charge in [-0.25, -0.2) is 9.78 Å². The zero-order chi connectivity index (χ0) is 12.2. The van der Waals surface area contributed by atoms with Crippen LogP contribution in [0.2, 0.25) is 0 Å². The van der Waals surface area contributed by atoms with Crippen molar-refractivity contribution >= 4 is 0 Å². The highest BCUT2D eigenvalue weighted by atomic mass is 17.2. The van der Waals surface area contributed by atoms with Crippen LogP contribution in [-0.2, 0) is 9.78 Å². The van der Waals surface area contributed by atoms with Crippen LogP contribution >= 0.6 is 0 Å². The average Bonchev–Trinajstić information content (AvgIpc) is 2.49. The lowest BCUT2D eigenvalue weighted by molar-refractivity contribution is -0.347. The Balaban J connectivity index is 1.99. The molecule has 1 unspecified atom stereocenters. The molecule has 1 aliphatic heterocycles. The fraction of sp³-hybridized carbons (Fsp3) is 0.250. The summed E-state index contributed by atoms with van der Waals surface area (Å²) in [6.07, 6.45) is 2.12. The molecule has 2 nitrogen and oxygen atoms in total. The van der Waals surface area contributed by atoms with Crippen molar-refractivity contribution in [3.63, 3.8) is 0 Å². The normalized spacial score (nSPS) is 19.7. The maximum Gasteiger partial charge on any atom is 0.119 e. The molecule has 0 saturated carbocycles. The molecule has 18 heavy (non-hydrogen) atoms. The van der Waals surface area contributed by atoms with Gasteiger partial charge in [0.05, 0.1) is 6.61 Å². The van der Waals surface area contributed by atoms with Gasteiger partial charge in [-0.1, -0.05) is 54.6 Å². The van der Waals surface area contributed by atoms with E-state index in [1.807, 2.05) is 6.07 Å². The minimum Gasteiger partial charge on any atom is -0.236 e. The number of hydrogen-bond donors (Lipinski definition) is 0. The lowest BCUT2D eigenvalue weighted by Crippen LogP contribution is -2.13. The van der Waals surface area contributed by atoms with Gasteiger partial charge in [0.25, 0.3) is 0 Å². The molecule has 0 amide bonds. The van der Waals surface area contributed by atoms with Crippen LogP contribution in [-0.4, -0.2) is 6.61 Å². The first kappa shape index (κ1) is 11.5. The smallest absolute Gasteiger partial charge is 0.119 e. The van der Waals surface area contributed by atoms with Crippen LogP contribution in [0.3, 0.4) is 0 Å². The van der Waals surface area contributed by atoms with Crippen molar-refractivity contribution in [3.8, 4) is 11.1 Å². The molecule has 0 N–H and O–H groups in total. The molecule has 3 rings (SSSR count). The van der Waals surface area contributed by atoms with Crippen molar-refractivity contribution < 1.29 is 9.78 Å². The summed E-state index contributed by atoms with van der Waals surface area (Å²) in [4.78, 5) is 10.6. The van der Waals surface area contributed by atoms with E-state index in [4.69, 9.17) is 9.78 Å². The van der Waals surface area contributed by atoms with Gasteiger partial charge in [-0.3, -0.25) is 0 Å². The molecule has 92 valence electrons. The van der Waals surface area contributed by atoms with Crippen LogP contribution < -0.4 is 0 Å². The van der Waals surface area contributed by atoms with Crippen LogP contribution in [0.5, 0.6) is 0 Å². The predicted molar refractivity (Wildman–Crippen MR) is 70.9 cm³/mol. The molecule has 2 aromatic carbocycles. The Morgan fingerprint density at radius 1 is 0.889 bits per heavy atom. The van der Waals surface area contributed by atoms with Gasteiger partial charge in [-0.05, 0) is 29.5 Å². The lowest BCUT2D eigenvalue weighted by atomic mass is 9.94. The Hall–Kier alpha value is -1.64. The number of rotatable bonds is 2. The molecule has 2 heteroatoms. The topological polar surface area (TPSA) is 18.5 Å². The van der Waals surface area contributed by atoms with E-state index < -0.39 is 0 Å². The average molecular weight is 240 g/mol. The van der Waals surface area contributed by atoms with Crippen LogP contribution in [0.4, 0.5) is 0 Å². The van der Waals surface area contributed by atoms with Crippen LogP contribution in [0.25, 0.3) is 11.1 Å². The van der Waals surface area contributed by atoms with Gasteiger partial charge >= 0.3 is 0 Å². The second-order valence-electron chi connectivity index (χ2n) is 4.50. The fourth-order valence-electron chi connectivity index (χ4n) is 2.37. The molecule has 0 bridgehead atoms. The maximum atomic E-state index is 5.43. The van der Waals surface area contributed by atoms with E-state index in [1.54, 1.807) is 0 Å². The summed E-state index contributed by atoms with van der Waals surface area (Å²) in [5.74, 6) is 0. The molecular weight excluding hydrogens is 224 g/mol. The Labute approximate surface area is 107 Å². The SMILES string of the molecule is c1ccc(-c2ccccc2C2CCCOO2)cc1. The Bertz CT molecular complexity index is 502. The second-order valence-corrected chi connectivity index (χ2v) is 4.50. The van der Waals surface area contributed by atoms with Crippen molar-refractivity contribution in [2.45, 2.75) is 18.9 Å². The summed E-state index contributed by atoms with van der Waals surface area (Å²) in [7, 11) is 0. The van der Waals surface area contributed by atoms with Gasteiger partial charge in [-0.2, -0.15) is 0 Å². The highest BCUT2D eigenvalue weighted by Gasteiger charge is 2.20. The van der Waals surface area contributed by atoms with Gasteiger partial charge in [-0.15, -0.1) is 0 Å². The molecule has 1 saturated heterocycles. The Kier molecular flexibility index (Phi) is 3.40. The second kappa shape index (κ2) is 5.34. The van der Waals surface area contributed by atoms with Gasteiger partial charge in [0.1, 0.15) is 6.10 Å². The van der Waals surface area contributed by atoms with E-state index >= 15 is 0 Å². The van der Waals surface area contributed by atoms with Crippen molar-refractivity contribution in [1.29, 1.82) is 0 Å². The molecule has 0 aliphatic carbocycles. The maximum absolute atomic E-state index is 5.43. The molecule has 0 radical (unpaired) electrons. The first-order chi connectivity index (χ1) is 8.95. The molecular formula is C16H16O2. The molecule has 1 fully saturated rings.